The maximum Gasteiger partial charge on any atom is 0.339 e. The number of hydrogen-bond donors (Lipinski definition) is 2. The third-order valence-electron chi connectivity index (χ3n) is 2.86. The second-order valence-electron chi connectivity index (χ2n) is 4.15. The van der Waals surface area contributed by atoms with Gasteiger partial charge in [0.2, 0.25) is 0 Å². The summed E-state index contributed by atoms with van der Waals surface area (Å²) < 4.78 is 4.63. The van der Waals surface area contributed by atoms with Crippen LogP contribution in [0.1, 0.15) is 29.4 Å². The average Bonchev–Trinajstić information content (AvgIpc) is 2.38. The van der Waals surface area contributed by atoms with Gasteiger partial charge in [0.1, 0.15) is 5.82 Å². The van der Waals surface area contributed by atoms with E-state index in [2.05, 4.69) is 15.0 Å². The van der Waals surface area contributed by atoms with Crippen molar-refractivity contribution in [3.63, 3.8) is 0 Å². The summed E-state index contributed by atoms with van der Waals surface area (Å²) >= 11 is 0. The molecule has 1 heterocycles. The van der Waals surface area contributed by atoms with Gasteiger partial charge in [0.05, 0.1) is 24.3 Å². The predicted molar refractivity (Wildman–Crippen MR) is 70.2 cm³/mol. The Bertz CT molecular complexity index is 474. The van der Waals surface area contributed by atoms with Crippen molar-refractivity contribution in [2.24, 2.45) is 5.92 Å². The van der Waals surface area contributed by atoms with E-state index in [1.165, 1.54) is 7.11 Å². The standard InChI is InChI=1S/C13H18N2O4/c1-4-9(12(16)17)7-14-11-6-5-10(8(2)15-11)13(18)19-3/h5-6,9H,4,7H2,1-3H3,(H,14,15)(H,16,17). The van der Waals surface area contributed by atoms with Gasteiger partial charge in [0.15, 0.2) is 0 Å². The van der Waals surface area contributed by atoms with Gasteiger partial charge < -0.3 is 15.2 Å². The number of aromatic nitrogens is 1. The topological polar surface area (TPSA) is 88.5 Å². The van der Waals surface area contributed by atoms with Gasteiger partial charge in [-0.05, 0) is 25.5 Å². The number of carbonyl (C=O) groups is 2. The van der Waals surface area contributed by atoms with Gasteiger partial charge in [-0.3, -0.25) is 4.79 Å². The summed E-state index contributed by atoms with van der Waals surface area (Å²) in [6, 6.07) is 3.24. The van der Waals surface area contributed by atoms with Gasteiger partial charge in [-0.1, -0.05) is 6.92 Å². The molecule has 0 aliphatic carbocycles. The average molecular weight is 266 g/mol. The van der Waals surface area contributed by atoms with E-state index in [-0.39, 0.29) is 0 Å². The van der Waals surface area contributed by atoms with E-state index in [1.54, 1.807) is 19.1 Å². The van der Waals surface area contributed by atoms with Gasteiger partial charge in [0, 0.05) is 6.54 Å². The Hall–Kier alpha value is -2.11. The zero-order chi connectivity index (χ0) is 14.4. The number of aliphatic carboxylic acids is 1. The molecule has 19 heavy (non-hydrogen) atoms. The zero-order valence-corrected chi connectivity index (χ0v) is 11.3. The van der Waals surface area contributed by atoms with E-state index in [0.717, 1.165) is 0 Å². The Balaban J connectivity index is 2.74. The lowest BCUT2D eigenvalue weighted by molar-refractivity contribution is -0.141. The van der Waals surface area contributed by atoms with Crippen LogP contribution < -0.4 is 5.32 Å². The van der Waals surface area contributed by atoms with Crippen LogP contribution in [0, 0.1) is 12.8 Å². The number of carboxylic acids is 1. The monoisotopic (exact) mass is 266 g/mol. The number of nitrogens with one attached hydrogen (secondary N) is 1. The van der Waals surface area contributed by atoms with Crippen molar-refractivity contribution in [2.75, 3.05) is 19.0 Å². The highest BCUT2D eigenvalue weighted by molar-refractivity contribution is 5.90. The Labute approximate surface area is 111 Å². The summed E-state index contributed by atoms with van der Waals surface area (Å²) in [4.78, 5) is 26.5. The SMILES string of the molecule is CCC(CNc1ccc(C(=O)OC)c(C)n1)C(=O)O. The van der Waals surface area contributed by atoms with Crippen LogP contribution in [0.3, 0.4) is 0 Å². The summed E-state index contributed by atoms with van der Waals surface area (Å²) in [6.07, 6.45) is 0.543. The van der Waals surface area contributed by atoms with E-state index in [1.807, 2.05) is 6.92 Å². The maximum atomic E-state index is 11.4. The van der Waals surface area contributed by atoms with Crippen LogP contribution in [-0.2, 0) is 9.53 Å². The minimum atomic E-state index is -0.835. The third-order valence-corrected chi connectivity index (χ3v) is 2.86. The number of rotatable bonds is 6. The molecule has 0 radical (unpaired) electrons. The fourth-order valence-electron chi connectivity index (χ4n) is 1.62. The minimum Gasteiger partial charge on any atom is -0.481 e. The molecule has 0 amide bonds. The summed E-state index contributed by atoms with van der Waals surface area (Å²) in [5, 5.41) is 11.9. The molecule has 1 aromatic rings. The number of esters is 1. The van der Waals surface area contributed by atoms with E-state index in [0.29, 0.717) is 30.0 Å². The molecular weight excluding hydrogens is 248 g/mol. The number of carboxylic acid groups (broad SMARTS) is 1. The molecule has 104 valence electrons. The predicted octanol–water partition coefficient (Wildman–Crippen LogP) is 1.70. The van der Waals surface area contributed by atoms with Crippen LogP contribution in [0.5, 0.6) is 0 Å². The molecule has 1 rings (SSSR count). The number of hydrogen-bond acceptors (Lipinski definition) is 5. The molecule has 1 atom stereocenters. The normalized spacial score (nSPS) is 11.7. The first kappa shape index (κ1) is 14.9. The quantitative estimate of drug-likeness (QED) is 0.762. The summed E-state index contributed by atoms with van der Waals surface area (Å²) in [5.74, 6) is -1.18. The Morgan fingerprint density at radius 2 is 2.16 bits per heavy atom. The minimum absolute atomic E-state index is 0.301. The fourth-order valence-corrected chi connectivity index (χ4v) is 1.62. The number of ether oxygens (including phenoxy) is 1. The first-order valence-electron chi connectivity index (χ1n) is 6.02. The van der Waals surface area contributed by atoms with Crippen molar-refractivity contribution in [3.05, 3.63) is 23.4 Å². The molecule has 0 aliphatic rings. The number of methoxy groups -OCH3 is 1. The molecule has 0 spiro atoms. The summed E-state index contributed by atoms with van der Waals surface area (Å²) in [7, 11) is 1.31. The van der Waals surface area contributed by atoms with E-state index < -0.39 is 17.9 Å². The zero-order valence-electron chi connectivity index (χ0n) is 11.3. The lowest BCUT2D eigenvalue weighted by Crippen LogP contribution is -2.22. The summed E-state index contributed by atoms with van der Waals surface area (Å²) in [5.41, 5.74) is 0.943. The highest BCUT2D eigenvalue weighted by atomic mass is 16.5. The number of aryl methyl sites for hydroxylation is 1. The molecule has 0 aromatic carbocycles. The molecule has 0 aliphatic heterocycles. The van der Waals surface area contributed by atoms with Crippen molar-refractivity contribution < 1.29 is 19.4 Å². The van der Waals surface area contributed by atoms with Crippen LogP contribution in [0.15, 0.2) is 12.1 Å². The smallest absolute Gasteiger partial charge is 0.339 e. The highest BCUT2D eigenvalue weighted by Gasteiger charge is 2.15. The van der Waals surface area contributed by atoms with E-state index in [4.69, 9.17) is 5.11 Å². The number of pyridine rings is 1. The maximum absolute atomic E-state index is 11.4. The highest BCUT2D eigenvalue weighted by Crippen LogP contribution is 2.13. The van der Waals surface area contributed by atoms with Gasteiger partial charge in [-0.15, -0.1) is 0 Å². The number of carbonyl (C=O) groups excluding carboxylic acids is 1. The van der Waals surface area contributed by atoms with Crippen molar-refractivity contribution >= 4 is 17.8 Å². The van der Waals surface area contributed by atoms with Gasteiger partial charge >= 0.3 is 11.9 Å². The van der Waals surface area contributed by atoms with Crippen LogP contribution >= 0.6 is 0 Å². The fraction of sp³-hybridized carbons (Fsp3) is 0.462. The Morgan fingerprint density at radius 3 is 2.63 bits per heavy atom. The third kappa shape index (κ3) is 3.94. The first-order chi connectivity index (χ1) is 8.99. The molecule has 1 aromatic heterocycles. The van der Waals surface area contributed by atoms with Crippen molar-refractivity contribution in [2.45, 2.75) is 20.3 Å². The van der Waals surface area contributed by atoms with E-state index in [9.17, 15) is 9.59 Å². The molecule has 0 fully saturated rings. The van der Waals surface area contributed by atoms with Gasteiger partial charge in [0.25, 0.3) is 0 Å². The van der Waals surface area contributed by atoms with Gasteiger partial charge in [-0.25, -0.2) is 9.78 Å². The first-order valence-corrected chi connectivity index (χ1v) is 6.02. The molecule has 2 N–H and O–H groups in total. The molecule has 0 saturated carbocycles. The summed E-state index contributed by atoms with van der Waals surface area (Å²) in [6.45, 7) is 3.82. The van der Waals surface area contributed by atoms with Crippen molar-refractivity contribution in [1.82, 2.24) is 4.98 Å². The second-order valence-corrected chi connectivity index (χ2v) is 4.15. The molecule has 0 bridgehead atoms. The van der Waals surface area contributed by atoms with Gasteiger partial charge in [-0.2, -0.15) is 0 Å². The second kappa shape index (κ2) is 6.72. The van der Waals surface area contributed by atoms with Crippen LogP contribution in [0.2, 0.25) is 0 Å². The van der Waals surface area contributed by atoms with Crippen LogP contribution in [0.25, 0.3) is 0 Å². The van der Waals surface area contributed by atoms with Crippen LogP contribution in [0.4, 0.5) is 5.82 Å². The van der Waals surface area contributed by atoms with Crippen molar-refractivity contribution in [1.29, 1.82) is 0 Å². The lowest BCUT2D eigenvalue weighted by atomic mass is 10.1. The molecular formula is C13H18N2O4. The van der Waals surface area contributed by atoms with Crippen LogP contribution in [-0.4, -0.2) is 35.7 Å². The lowest BCUT2D eigenvalue weighted by Gasteiger charge is -2.12. The molecule has 0 saturated heterocycles. The largest absolute Gasteiger partial charge is 0.481 e. The Kier molecular flexibility index (Phi) is 5.29. The number of anilines is 1. The van der Waals surface area contributed by atoms with Crippen molar-refractivity contribution in [3.8, 4) is 0 Å². The molecule has 6 nitrogen and oxygen atoms in total. The van der Waals surface area contributed by atoms with E-state index >= 15 is 0 Å². The Morgan fingerprint density at radius 1 is 1.47 bits per heavy atom. The number of nitrogens with zero attached hydrogens (tertiary/aromatic N) is 1. The molecule has 1 unspecified atom stereocenters. The molecule has 6 heteroatoms.